The molecule has 2 rings (SSSR count). The highest BCUT2D eigenvalue weighted by atomic mass is 19.1. The van der Waals surface area contributed by atoms with Crippen LogP contribution in [0.1, 0.15) is 0 Å². The van der Waals surface area contributed by atoms with Crippen molar-refractivity contribution < 1.29 is 28.5 Å². The minimum atomic E-state index is -0.739. The van der Waals surface area contributed by atoms with E-state index in [9.17, 15) is 14.0 Å². The van der Waals surface area contributed by atoms with Gasteiger partial charge in [0.25, 0.3) is 0 Å². The Labute approximate surface area is 137 Å². The monoisotopic (exact) mass is 328 g/mol. The highest BCUT2D eigenvalue weighted by Gasteiger charge is 2.09. The lowest BCUT2D eigenvalue weighted by atomic mass is 10.1. The Kier molecular flexibility index (Phi) is 5.46. The molecule has 0 saturated heterocycles. The molecule has 24 heavy (non-hydrogen) atoms. The van der Waals surface area contributed by atoms with E-state index in [1.165, 1.54) is 12.1 Å². The van der Waals surface area contributed by atoms with E-state index in [0.717, 1.165) is 12.2 Å². The van der Waals surface area contributed by atoms with Crippen LogP contribution >= 0.6 is 0 Å². The summed E-state index contributed by atoms with van der Waals surface area (Å²) in [4.78, 5) is 31.2. The second-order valence-electron chi connectivity index (χ2n) is 4.48. The van der Waals surface area contributed by atoms with Crippen LogP contribution in [0.25, 0.3) is 11.1 Å². The highest BCUT2D eigenvalue weighted by molar-refractivity contribution is 5.83. The van der Waals surface area contributed by atoms with E-state index in [0.29, 0.717) is 16.9 Å². The van der Waals surface area contributed by atoms with Crippen LogP contribution in [0.2, 0.25) is 0 Å². The first-order valence-corrected chi connectivity index (χ1v) is 6.78. The van der Waals surface area contributed by atoms with Gasteiger partial charge in [0.15, 0.2) is 17.3 Å². The van der Waals surface area contributed by atoms with Gasteiger partial charge in [-0.05, 0) is 35.4 Å². The summed E-state index contributed by atoms with van der Waals surface area (Å²) < 4.78 is 18.7. The average Bonchev–Trinajstić information content (AvgIpc) is 2.61. The van der Waals surface area contributed by atoms with Gasteiger partial charge in [-0.25, -0.2) is 18.9 Å². The minimum absolute atomic E-state index is 0.181. The molecule has 0 aliphatic rings. The van der Waals surface area contributed by atoms with Gasteiger partial charge >= 0.3 is 11.9 Å². The number of carbonyl (C=O) groups excluding carboxylic acids is 2. The van der Waals surface area contributed by atoms with E-state index < -0.39 is 17.8 Å². The lowest BCUT2D eigenvalue weighted by Crippen LogP contribution is -2.04. The van der Waals surface area contributed by atoms with Crippen molar-refractivity contribution in [3.63, 3.8) is 0 Å². The zero-order chi connectivity index (χ0) is 17.5. The molecule has 0 aliphatic heterocycles. The Morgan fingerprint density at radius 1 is 0.917 bits per heavy atom. The summed E-state index contributed by atoms with van der Waals surface area (Å²) in [5.74, 6) is -2.02. The summed E-state index contributed by atoms with van der Waals surface area (Å²) in [7, 11) is 0. The molecule has 122 valence electrons. The first-order valence-electron chi connectivity index (χ1n) is 6.78. The van der Waals surface area contributed by atoms with Gasteiger partial charge in [0.1, 0.15) is 0 Å². The molecule has 0 radical (unpaired) electrons. The van der Waals surface area contributed by atoms with Crippen LogP contribution in [0.3, 0.4) is 0 Å². The summed E-state index contributed by atoms with van der Waals surface area (Å²) >= 11 is 0. The number of halogens is 1. The van der Waals surface area contributed by atoms with Crippen molar-refractivity contribution in [2.45, 2.75) is 0 Å². The molecule has 0 unspecified atom stereocenters. The molecule has 0 heterocycles. The zero-order valence-electron chi connectivity index (χ0n) is 12.5. The molecule has 0 atom stereocenters. The second-order valence-corrected chi connectivity index (χ2v) is 4.48. The number of rotatable bonds is 6. The van der Waals surface area contributed by atoms with E-state index >= 15 is 0 Å². The molecule has 6 heteroatoms. The summed E-state index contributed by atoms with van der Waals surface area (Å²) in [5.41, 5.74) is 1.26. The predicted octanol–water partition coefficient (Wildman–Crippen LogP) is 3.61. The van der Waals surface area contributed by atoms with E-state index in [-0.39, 0.29) is 5.75 Å². The van der Waals surface area contributed by atoms with Crippen LogP contribution in [0.5, 0.6) is 11.5 Å². The van der Waals surface area contributed by atoms with Crippen molar-refractivity contribution in [1.29, 1.82) is 0 Å². The van der Waals surface area contributed by atoms with Crippen molar-refractivity contribution in [2.75, 3.05) is 0 Å². The van der Waals surface area contributed by atoms with Crippen molar-refractivity contribution >= 4 is 11.9 Å². The standard InChI is InChI=1S/C18H13FO5/c1-3-17(20)22-16-10-7-13(11-15(16)19)12-5-8-14(9-6-12)23-24-18(21)4-2/h3-11H,1-2H2. The van der Waals surface area contributed by atoms with Gasteiger partial charge in [0, 0.05) is 12.2 Å². The number of hydrogen-bond donors (Lipinski definition) is 0. The minimum Gasteiger partial charge on any atom is -0.420 e. The topological polar surface area (TPSA) is 61.8 Å². The smallest absolute Gasteiger partial charge is 0.378 e. The van der Waals surface area contributed by atoms with E-state index in [2.05, 4.69) is 18.0 Å². The van der Waals surface area contributed by atoms with Crippen LogP contribution < -0.4 is 9.62 Å². The number of hydrogen-bond acceptors (Lipinski definition) is 5. The fraction of sp³-hybridized carbons (Fsp3) is 0. The van der Waals surface area contributed by atoms with Crippen molar-refractivity contribution in [1.82, 2.24) is 0 Å². The lowest BCUT2D eigenvalue weighted by Gasteiger charge is -2.07. The van der Waals surface area contributed by atoms with E-state index in [1.807, 2.05) is 0 Å². The predicted molar refractivity (Wildman–Crippen MR) is 84.6 cm³/mol. The van der Waals surface area contributed by atoms with Crippen LogP contribution in [0, 0.1) is 5.82 Å². The first kappa shape index (κ1) is 17.0. The Balaban J connectivity index is 2.12. The van der Waals surface area contributed by atoms with Crippen LogP contribution in [0.4, 0.5) is 4.39 Å². The van der Waals surface area contributed by atoms with Crippen molar-refractivity contribution in [3.8, 4) is 22.6 Å². The maximum Gasteiger partial charge on any atom is 0.378 e. The Morgan fingerprint density at radius 2 is 1.54 bits per heavy atom. The quantitative estimate of drug-likeness (QED) is 0.266. The Morgan fingerprint density at radius 3 is 2.12 bits per heavy atom. The number of carbonyl (C=O) groups is 2. The SMILES string of the molecule is C=CC(=O)OOc1ccc(-c2ccc(OC(=O)C=C)c(F)c2)cc1. The maximum absolute atomic E-state index is 14.0. The summed E-state index contributed by atoms with van der Waals surface area (Å²) in [6.07, 6.45) is 1.92. The van der Waals surface area contributed by atoms with Gasteiger partial charge in [0.2, 0.25) is 0 Å². The van der Waals surface area contributed by atoms with E-state index in [4.69, 9.17) is 9.62 Å². The van der Waals surface area contributed by atoms with Gasteiger partial charge in [-0.15, -0.1) is 0 Å². The fourth-order valence-electron chi connectivity index (χ4n) is 1.74. The van der Waals surface area contributed by atoms with Gasteiger partial charge in [0.05, 0.1) is 0 Å². The molecule has 0 N–H and O–H groups in total. The highest BCUT2D eigenvalue weighted by Crippen LogP contribution is 2.27. The molecule has 0 aromatic heterocycles. The number of benzene rings is 2. The molecular weight excluding hydrogens is 315 g/mol. The normalized spacial score (nSPS) is 9.71. The van der Waals surface area contributed by atoms with Crippen molar-refractivity contribution in [3.05, 3.63) is 73.6 Å². The number of ether oxygens (including phenoxy) is 1. The molecule has 2 aromatic carbocycles. The fourth-order valence-corrected chi connectivity index (χ4v) is 1.74. The number of esters is 1. The summed E-state index contributed by atoms with van der Waals surface area (Å²) in [6, 6.07) is 10.6. The summed E-state index contributed by atoms with van der Waals surface area (Å²) in [5, 5.41) is 0. The van der Waals surface area contributed by atoms with Crippen molar-refractivity contribution in [2.24, 2.45) is 0 Å². The molecule has 0 saturated carbocycles. The molecule has 0 spiro atoms. The molecule has 2 aromatic rings. The molecule has 0 bridgehead atoms. The van der Waals surface area contributed by atoms with Gasteiger partial charge in [-0.3, -0.25) is 4.89 Å². The third-order valence-corrected chi connectivity index (χ3v) is 2.88. The van der Waals surface area contributed by atoms with E-state index in [1.54, 1.807) is 30.3 Å². The first-order chi connectivity index (χ1) is 11.5. The van der Waals surface area contributed by atoms with Gasteiger partial charge in [-0.2, -0.15) is 0 Å². The van der Waals surface area contributed by atoms with Crippen LogP contribution in [-0.2, 0) is 14.5 Å². The largest absolute Gasteiger partial charge is 0.420 e. The maximum atomic E-state index is 14.0. The Bertz CT molecular complexity index is 780. The van der Waals surface area contributed by atoms with Gasteiger partial charge in [-0.1, -0.05) is 31.4 Å². The third kappa shape index (κ3) is 4.30. The van der Waals surface area contributed by atoms with Crippen LogP contribution in [0.15, 0.2) is 67.8 Å². The second kappa shape index (κ2) is 7.73. The molecule has 0 amide bonds. The average molecular weight is 328 g/mol. The molecule has 5 nitrogen and oxygen atoms in total. The van der Waals surface area contributed by atoms with Gasteiger partial charge < -0.3 is 4.74 Å². The zero-order valence-corrected chi connectivity index (χ0v) is 12.5. The molecule has 0 fully saturated rings. The molecule has 0 aliphatic carbocycles. The molecular formula is C18H13FO5. The lowest BCUT2D eigenvalue weighted by molar-refractivity contribution is -0.207. The Hall–Kier alpha value is -3.41. The van der Waals surface area contributed by atoms with Crippen LogP contribution in [-0.4, -0.2) is 11.9 Å². The summed E-state index contributed by atoms with van der Waals surface area (Å²) in [6.45, 7) is 6.48. The third-order valence-electron chi connectivity index (χ3n) is 2.88.